The molecule has 50 atom stereocenters. The number of ether oxygens (including phenoxy) is 19. The van der Waals surface area contributed by atoms with Gasteiger partial charge in [0, 0.05) is 34.6 Å². The Bertz CT molecular complexity index is 3420. The Hall–Kier alpha value is -4.45. The van der Waals surface area contributed by atoms with Crippen molar-refractivity contribution >= 4 is 29.5 Å². The number of hydrogen-bond acceptors (Lipinski definition) is 50. The van der Waals surface area contributed by atoms with Crippen molar-refractivity contribution in [3.63, 3.8) is 0 Å². The van der Waals surface area contributed by atoms with Gasteiger partial charge in [-0.05, 0) is 6.92 Å². The number of aliphatic hydroxyl groups excluding tert-OH is 26. The van der Waals surface area contributed by atoms with E-state index >= 15 is 0 Å². The lowest BCUT2D eigenvalue weighted by Gasteiger charge is -2.51. The molecule has 55 heteroatoms. The third kappa shape index (κ3) is 23.1. The van der Waals surface area contributed by atoms with E-state index in [0.717, 1.165) is 34.6 Å². The van der Waals surface area contributed by atoms with Gasteiger partial charge in [0.2, 0.25) is 29.5 Å². The summed E-state index contributed by atoms with van der Waals surface area (Å²) in [6, 6.07) is -9.40. The summed E-state index contributed by atoms with van der Waals surface area (Å²) in [7, 11) is 0. The highest BCUT2D eigenvalue weighted by Crippen LogP contribution is 2.41. The molecule has 0 aromatic carbocycles. The number of carbonyl (C=O) groups excluding carboxylic acids is 5. The van der Waals surface area contributed by atoms with Crippen LogP contribution in [0.25, 0.3) is 0 Å². The first kappa shape index (κ1) is 103. The molecule has 10 aliphatic rings. The first-order chi connectivity index (χ1) is 59.1. The first-order valence-corrected chi connectivity index (χ1v) is 40.0. The van der Waals surface area contributed by atoms with E-state index in [-0.39, 0.29) is 0 Å². The second-order valence-corrected chi connectivity index (χ2v) is 31.7. The van der Waals surface area contributed by atoms with Crippen LogP contribution >= 0.6 is 0 Å². The molecule has 0 unspecified atom stereocenters. The van der Waals surface area contributed by atoms with E-state index < -0.39 is 396 Å². The van der Waals surface area contributed by atoms with E-state index in [1.165, 1.54) is 6.92 Å². The van der Waals surface area contributed by atoms with Gasteiger partial charge in [-0.2, -0.15) is 0 Å². The molecule has 10 aliphatic heterocycles. The van der Waals surface area contributed by atoms with Gasteiger partial charge in [-0.1, -0.05) is 0 Å². The predicted octanol–water partition coefficient (Wildman–Crippen LogP) is -21.1. The van der Waals surface area contributed by atoms with Gasteiger partial charge in [-0.15, -0.1) is 0 Å². The van der Waals surface area contributed by atoms with Crippen molar-refractivity contribution in [3.8, 4) is 0 Å². The predicted molar refractivity (Wildman–Crippen MR) is 386 cm³/mol. The SMILES string of the molecule is CC(=O)N[C@@H]1[C@H](O[C@@H]2[C@@H](O[C@@H]3[C@H](O)[C@H](O[C@H]4[C@H](O)[C@@H](NC(C)=O)[C@H](O[C@H]5[C@H](O)[C@@H](NC(C)=O)[C@H](O)O[C@@H]5CO[C@@H]5O[C@@H](C)[C@@H](O)[C@@H](O)[C@@H]5O)O[C@@H]4CO)O[C@H](CO[C@H]4O[C@H](CO)[C@@H](O)[C@H](O)[C@@H]4O[C@@H]4O[C@H](CO)[C@@H](O[C@@H]5O[C@H](CO)[C@H](O)[C@H](O)[C@H]5O)[C@H](O)[C@H]4NC(C)=O)[C@H]3O)O[C@H](CO)[C@@H](O)[C@@H]2O)O[C@H](CO)[C@@H](O[C@@H]2O[C@H](CO)[C@H](O)[C@H](O)[C@H]2NC(C)=O)[C@@H]1O. The Morgan fingerprint density at radius 2 is 0.496 bits per heavy atom. The van der Waals surface area contributed by atoms with Crippen molar-refractivity contribution < 1.29 is 247 Å². The lowest BCUT2D eigenvalue weighted by Crippen LogP contribution is -2.71. The highest BCUT2D eigenvalue weighted by atomic mass is 16.8. The van der Waals surface area contributed by atoms with Gasteiger partial charge in [0.25, 0.3) is 0 Å². The zero-order valence-electron chi connectivity index (χ0n) is 67.7. The number of hydrogen-bond donors (Lipinski definition) is 31. The fourth-order valence-electron chi connectivity index (χ4n) is 16.2. The molecule has 0 saturated carbocycles. The van der Waals surface area contributed by atoms with Gasteiger partial charge in [-0.25, -0.2) is 0 Å². The number of amides is 5. The van der Waals surface area contributed by atoms with Crippen LogP contribution in [0.5, 0.6) is 0 Å². The molecule has 0 aliphatic carbocycles. The summed E-state index contributed by atoms with van der Waals surface area (Å²) >= 11 is 0. The number of aliphatic hydroxyl groups is 26. The lowest BCUT2D eigenvalue weighted by atomic mass is 9.93. The van der Waals surface area contributed by atoms with Gasteiger partial charge in [-0.3, -0.25) is 24.0 Å². The molecule has 55 nitrogen and oxygen atoms in total. The van der Waals surface area contributed by atoms with E-state index in [9.17, 15) is 157 Å². The fourth-order valence-corrected chi connectivity index (χ4v) is 16.2. The molecule has 0 aromatic rings. The summed E-state index contributed by atoms with van der Waals surface area (Å²) in [4.78, 5) is 64.2. The van der Waals surface area contributed by atoms with Crippen LogP contribution < -0.4 is 26.6 Å². The van der Waals surface area contributed by atoms with E-state index in [2.05, 4.69) is 26.6 Å². The molecule has 0 bridgehead atoms. The third-order valence-electron chi connectivity index (χ3n) is 22.8. The van der Waals surface area contributed by atoms with Gasteiger partial charge in [0.05, 0.1) is 65.6 Å². The van der Waals surface area contributed by atoms with Crippen LogP contribution in [0.1, 0.15) is 41.5 Å². The summed E-state index contributed by atoms with van der Waals surface area (Å²) in [5.74, 6) is -4.59. The second kappa shape index (κ2) is 44.9. The molecule has 10 fully saturated rings. The maximum absolute atomic E-state index is 13.3. The summed E-state index contributed by atoms with van der Waals surface area (Å²) in [5, 5.41) is 304. The molecule has 0 radical (unpaired) electrons. The summed E-state index contributed by atoms with van der Waals surface area (Å²) in [6.45, 7) is -3.86. The third-order valence-corrected chi connectivity index (χ3v) is 22.8. The smallest absolute Gasteiger partial charge is 0.217 e. The topological polar surface area (TPSA) is 847 Å². The standard InChI is InChI=1S/C70H117N5O50/c1-16-36(88)47(99)51(103)66(109-16)107-15-30-57(43(95)31(61(106)110-30)71-17(2)83)120-63-33(73-19(4)85)45(97)56(28(13-82)115-63)122-68-53(105)58(123-70-60(50(102)40(92)25(10-79)114-70)125-65-34(74-20(5)86)44(96)54(26(11-80)116-65)119-62-32(72-18(3)84)42(94)37(89)22(7-76)111-62)41(93)29(118-68)14-108-69-59(49(101)39(91)24(9-78)113-69)124-64-35(75-21(6)87)46(98)55(27(12-81)117-64)121-67-52(104)48(100)38(90)23(8-77)112-67/h16,22-70,76-82,88-106H,7-15H2,1-6H3,(H,71,83)(H,72,84)(H,73,85)(H,74,86)(H,75,87)/t16-,22+,23+,24+,25+,26+,27+,28+,29+,30+,31+,32+,33+,34-,35+,36+,37-,38-,39+,40+,41+,42+,43+,44+,45+,46+,47+,48-,49-,50-,51-,52+,53-,54+,55+,56+,57+,58-,59-,60-,61+,62-,63-,64-,65-,66+,67-,68-,69-,70+/m0/s1. The van der Waals surface area contributed by atoms with Crippen LogP contribution in [0.15, 0.2) is 0 Å². The molecule has 10 saturated heterocycles. The molecule has 5 amide bonds. The van der Waals surface area contributed by atoms with Crippen molar-refractivity contribution in [1.29, 1.82) is 0 Å². The van der Waals surface area contributed by atoms with Crippen LogP contribution in [-0.2, 0) is 114 Å². The summed E-state index contributed by atoms with van der Waals surface area (Å²) in [5.41, 5.74) is 0. The molecular weight excluding hydrogens is 1710 g/mol. The molecule has 10 rings (SSSR count). The zero-order valence-corrected chi connectivity index (χ0v) is 67.7. The highest BCUT2D eigenvalue weighted by Gasteiger charge is 2.62. The van der Waals surface area contributed by atoms with Gasteiger partial charge < -0.3 is 249 Å². The minimum absolute atomic E-state index is 0.822. The van der Waals surface area contributed by atoms with Crippen LogP contribution in [-0.4, -0.2) is 529 Å². The van der Waals surface area contributed by atoms with E-state index in [0.29, 0.717) is 0 Å². The molecule has 125 heavy (non-hydrogen) atoms. The largest absolute Gasteiger partial charge is 0.394 e. The van der Waals surface area contributed by atoms with Crippen molar-refractivity contribution in [2.75, 3.05) is 59.5 Å². The number of carbonyl (C=O) groups is 5. The fraction of sp³-hybridized carbons (Fsp3) is 0.929. The minimum Gasteiger partial charge on any atom is -0.394 e. The Morgan fingerprint density at radius 1 is 0.224 bits per heavy atom. The Kier molecular flexibility index (Phi) is 36.8. The maximum Gasteiger partial charge on any atom is 0.217 e. The highest BCUT2D eigenvalue weighted by molar-refractivity contribution is 5.75. The van der Waals surface area contributed by atoms with E-state index in [4.69, 9.17) is 90.0 Å². The summed E-state index contributed by atoms with van der Waals surface area (Å²) in [6.07, 6.45) is -93.1. The molecular formula is C70H117N5O50. The Balaban J connectivity index is 0.989. The summed E-state index contributed by atoms with van der Waals surface area (Å²) < 4.78 is 114. The van der Waals surface area contributed by atoms with Crippen LogP contribution in [0.2, 0.25) is 0 Å². The van der Waals surface area contributed by atoms with Crippen molar-refractivity contribution in [3.05, 3.63) is 0 Å². The minimum atomic E-state index is -2.63. The molecule has 0 aromatic heterocycles. The van der Waals surface area contributed by atoms with Gasteiger partial charge >= 0.3 is 0 Å². The van der Waals surface area contributed by atoms with Crippen molar-refractivity contribution in [2.24, 2.45) is 0 Å². The average Bonchev–Trinajstić information content (AvgIpc) is 0.762. The van der Waals surface area contributed by atoms with Gasteiger partial charge in [0.1, 0.15) is 238 Å². The van der Waals surface area contributed by atoms with Crippen molar-refractivity contribution in [2.45, 2.75) is 348 Å². The normalized spacial score (nSPS) is 48.7. The van der Waals surface area contributed by atoms with E-state index in [1.54, 1.807) is 0 Å². The monoisotopic (exact) mass is 1830 g/mol. The average molecular weight is 1830 g/mol. The zero-order chi connectivity index (χ0) is 92.1. The lowest BCUT2D eigenvalue weighted by molar-refractivity contribution is -0.398. The van der Waals surface area contributed by atoms with E-state index in [1.807, 2.05) is 0 Å². The molecule has 31 N–H and O–H groups in total. The molecule has 0 spiro atoms. The molecule has 10 heterocycles. The second-order valence-electron chi connectivity index (χ2n) is 31.7. The number of rotatable bonds is 32. The van der Waals surface area contributed by atoms with Crippen molar-refractivity contribution in [1.82, 2.24) is 26.6 Å². The van der Waals surface area contributed by atoms with Crippen LogP contribution in [0.4, 0.5) is 0 Å². The quantitative estimate of drug-likeness (QED) is 0.0297. The Morgan fingerprint density at radius 3 is 0.912 bits per heavy atom. The number of nitrogens with one attached hydrogen (secondary N) is 5. The van der Waals surface area contributed by atoms with Gasteiger partial charge in [0.15, 0.2) is 62.9 Å². The van der Waals surface area contributed by atoms with Crippen LogP contribution in [0, 0.1) is 0 Å². The van der Waals surface area contributed by atoms with Crippen LogP contribution in [0.3, 0.4) is 0 Å². The molecule has 722 valence electrons. The Labute approximate surface area is 708 Å². The maximum atomic E-state index is 13.3. The first-order valence-electron chi connectivity index (χ1n) is 40.0.